The van der Waals surface area contributed by atoms with E-state index in [1.54, 1.807) is 0 Å². The zero-order valence-electron chi connectivity index (χ0n) is 11.1. The summed E-state index contributed by atoms with van der Waals surface area (Å²) in [6.07, 6.45) is -0.445. The van der Waals surface area contributed by atoms with Gasteiger partial charge in [-0.3, -0.25) is 9.59 Å². The Hall–Kier alpha value is -1.63. The van der Waals surface area contributed by atoms with E-state index in [-0.39, 0.29) is 6.61 Å². The van der Waals surface area contributed by atoms with Crippen LogP contribution in [0.5, 0.6) is 0 Å². The van der Waals surface area contributed by atoms with Crippen molar-refractivity contribution in [1.82, 2.24) is 0 Å². The van der Waals surface area contributed by atoms with E-state index in [2.05, 4.69) is 0 Å². The minimum atomic E-state index is -2.62. The van der Waals surface area contributed by atoms with E-state index >= 15 is 0 Å². The molecule has 0 amide bonds. The van der Waals surface area contributed by atoms with Gasteiger partial charge in [0.05, 0.1) is 19.4 Å². The Bertz CT molecular complexity index is 337. The van der Waals surface area contributed by atoms with Gasteiger partial charge in [-0.05, 0) is 18.8 Å². The second-order valence-corrected chi connectivity index (χ2v) is 4.84. The summed E-state index contributed by atoms with van der Waals surface area (Å²) in [7, 11) is 0. The van der Waals surface area contributed by atoms with Crippen molar-refractivity contribution in [2.24, 2.45) is 5.92 Å². The lowest BCUT2D eigenvalue weighted by Crippen LogP contribution is -2.43. The van der Waals surface area contributed by atoms with Crippen molar-refractivity contribution < 1.29 is 34.4 Å². The summed E-state index contributed by atoms with van der Waals surface area (Å²) >= 11 is 0. The van der Waals surface area contributed by atoms with E-state index in [1.807, 2.05) is 13.8 Å². The van der Waals surface area contributed by atoms with Gasteiger partial charge < -0.3 is 20.1 Å². The maximum atomic E-state index is 11.4. The summed E-state index contributed by atoms with van der Waals surface area (Å²) in [5, 5.41) is 26.9. The van der Waals surface area contributed by atoms with Crippen molar-refractivity contribution in [2.45, 2.75) is 45.1 Å². The zero-order valence-corrected chi connectivity index (χ0v) is 11.1. The Balaban J connectivity index is 4.25. The molecule has 0 aliphatic carbocycles. The average molecular weight is 276 g/mol. The van der Waals surface area contributed by atoms with Gasteiger partial charge in [0, 0.05) is 0 Å². The molecule has 0 rings (SSSR count). The smallest absolute Gasteiger partial charge is 0.336 e. The number of carbonyl (C=O) groups excluding carboxylic acids is 1. The van der Waals surface area contributed by atoms with Gasteiger partial charge in [0.25, 0.3) is 0 Å². The van der Waals surface area contributed by atoms with Crippen LogP contribution < -0.4 is 0 Å². The predicted molar refractivity (Wildman–Crippen MR) is 64.5 cm³/mol. The quantitative estimate of drug-likeness (QED) is 0.417. The van der Waals surface area contributed by atoms with E-state index in [9.17, 15) is 19.5 Å². The van der Waals surface area contributed by atoms with E-state index in [4.69, 9.17) is 14.9 Å². The van der Waals surface area contributed by atoms with Crippen LogP contribution >= 0.6 is 0 Å². The summed E-state index contributed by atoms with van der Waals surface area (Å²) in [5.41, 5.74) is -2.62. The number of aliphatic carboxylic acids is 2. The normalized spacial score (nSPS) is 13.9. The fraction of sp³-hybridized carbons (Fsp3) is 0.750. The van der Waals surface area contributed by atoms with Crippen LogP contribution in [0.3, 0.4) is 0 Å². The largest absolute Gasteiger partial charge is 0.481 e. The van der Waals surface area contributed by atoms with Crippen molar-refractivity contribution >= 4 is 17.9 Å². The zero-order chi connectivity index (χ0) is 15.1. The van der Waals surface area contributed by atoms with Gasteiger partial charge in [0.1, 0.15) is 0 Å². The number of carboxylic acid groups (broad SMARTS) is 2. The van der Waals surface area contributed by atoms with Gasteiger partial charge in [-0.1, -0.05) is 13.8 Å². The minimum absolute atomic E-state index is 0.125. The molecule has 19 heavy (non-hydrogen) atoms. The van der Waals surface area contributed by atoms with Crippen LogP contribution in [-0.2, 0) is 19.1 Å². The summed E-state index contributed by atoms with van der Waals surface area (Å²) < 4.78 is 4.76. The molecule has 0 bridgehead atoms. The molecule has 0 aliphatic heterocycles. The molecule has 0 heterocycles. The first-order chi connectivity index (χ1) is 8.67. The van der Waals surface area contributed by atoms with Crippen LogP contribution in [0, 0.1) is 5.92 Å². The van der Waals surface area contributed by atoms with Gasteiger partial charge in [-0.2, -0.15) is 0 Å². The van der Waals surface area contributed by atoms with E-state index < -0.39 is 36.4 Å². The molecule has 0 aromatic rings. The van der Waals surface area contributed by atoms with Crippen LogP contribution in [0.4, 0.5) is 0 Å². The Morgan fingerprint density at radius 1 is 1.16 bits per heavy atom. The first-order valence-corrected chi connectivity index (χ1v) is 6.00. The van der Waals surface area contributed by atoms with Gasteiger partial charge in [0.15, 0.2) is 5.60 Å². The molecule has 0 saturated heterocycles. The van der Waals surface area contributed by atoms with Crippen LogP contribution in [-0.4, -0.2) is 45.4 Å². The lowest BCUT2D eigenvalue weighted by atomic mass is 9.96. The number of carbonyl (C=O) groups is 3. The molecule has 7 heteroatoms. The number of aliphatic hydroxyl groups is 1. The number of rotatable bonds is 9. The number of esters is 1. The Morgan fingerprint density at radius 3 is 2.16 bits per heavy atom. The minimum Gasteiger partial charge on any atom is -0.481 e. The van der Waals surface area contributed by atoms with Crippen LogP contribution in [0.15, 0.2) is 0 Å². The number of carboxylic acids is 2. The third-order valence-electron chi connectivity index (χ3n) is 2.47. The monoisotopic (exact) mass is 276 g/mol. The highest BCUT2D eigenvalue weighted by molar-refractivity contribution is 5.88. The Morgan fingerprint density at radius 2 is 1.74 bits per heavy atom. The topological polar surface area (TPSA) is 121 Å². The highest BCUT2D eigenvalue weighted by atomic mass is 16.5. The van der Waals surface area contributed by atoms with Crippen molar-refractivity contribution in [3.8, 4) is 0 Å². The van der Waals surface area contributed by atoms with Crippen molar-refractivity contribution in [2.75, 3.05) is 6.61 Å². The van der Waals surface area contributed by atoms with Gasteiger partial charge in [0.2, 0.25) is 0 Å². The molecule has 0 spiro atoms. The summed E-state index contributed by atoms with van der Waals surface area (Å²) in [5.74, 6) is -3.72. The van der Waals surface area contributed by atoms with E-state index in [0.717, 1.165) is 6.42 Å². The Kier molecular flexibility index (Phi) is 7.06. The third kappa shape index (κ3) is 7.40. The summed E-state index contributed by atoms with van der Waals surface area (Å²) in [6, 6.07) is 0. The molecule has 0 saturated carbocycles. The van der Waals surface area contributed by atoms with Crippen molar-refractivity contribution in [3.05, 3.63) is 0 Å². The molecule has 3 N–H and O–H groups in total. The van der Waals surface area contributed by atoms with Crippen LogP contribution in [0.25, 0.3) is 0 Å². The number of hydrogen-bond acceptors (Lipinski definition) is 5. The fourth-order valence-electron chi connectivity index (χ4n) is 1.43. The highest BCUT2D eigenvalue weighted by Gasteiger charge is 2.41. The molecular formula is C12H20O7. The second kappa shape index (κ2) is 7.73. The maximum absolute atomic E-state index is 11.4. The maximum Gasteiger partial charge on any atom is 0.336 e. The van der Waals surface area contributed by atoms with Crippen molar-refractivity contribution in [1.29, 1.82) is 0 Å². The van der Waals surface area contributed by atoms with Crippen LogP contribution in [0.2, 0.25) is 0 Å². The first kappa shape index (κ1) is 17.4. The molecule has 0 radical (unpaired) electrons. The summed E-state index contributed by atoms with van der Waals surface area (Å²) in [4.78, 5) is 32.6. The molecule has 0 aromatic heterocycles. The standard InChI is InChI=1S/C12H20O7/c1-8(2)4-3-5-19-10(15)7-12(18,11(16)17)6-9(13)14/h8,18H,3-7H2,1-2H3,(H,13,14)(H,16,17). The number of hydrogen-bond donors (Lipinski definition) is 3. The molecule has 1 atom stereocenters. The van der Waals surface area contributed by atoms with E-state index in [0.29, 0.717) is 12.3 Å². The molecule has 7 nitrogen and oxygen atoms in total. The molecule has 0 aliphatic rings. The van der Waals surface area contributed by atoms with Crippen LogP contribution in [0.1, 0.15) is 39.5 Å². The second-order valence-electron chi connectivity index (χ2n) is 4.84. The molecule has 110 valence electrons. The highest BCUT2D eigenvalue weighted by Crippen LogP contribution is 2.17. The fourth-order valence-corrected chi connectivity index (χ4v) is 1.43. The van der Waals surface area contributed by atoms with Gasteiger partial charge in [-0.15, -0.1) is 0 Å². The molecule has 1 unspecified atom stereocenters. The molecule has 0 aromatic carbocycles. The molecular weight excluding hydrogens is 256 g/mol. The van der Waals surface area contributed by atoms with Gasteiger partial charge in [-0.25, -0.2) is 4.79 Å². The van der Waals surface area contributed by atoms with Gasteiger partial charge >= 0.3 is 17.9 Å². The van der Waals surface area contributed by atoms with Crippen molar-refractivity contribution in [3.63, 3.8) is 0 Å². The van der Waals surface area contributed by atoms with E-state index in [1.165, 1.54) is 0 Å². The summed E-state index contributed by atoms with van der Waals surface area (Å²) in [6.45, 7) is 4.15. The average Bonchev–Trinajstić information content (AvgIpc) is 2.22. The third-order valence-corrected chi connectivity index (χ3v) is 2.47. The number of ether oxygens (including phenoxy) is 1. The SMILES string of the molecule is CC(C)CCCOC(=O)CC(O)(CC(=O)O)C(=O)O. The predicted octanol–water partition coefficient (Wildman–Crippen LogP) is 0.646. The first-order valence-electron chi connectivity index (χ1n) is 6.00. The lowest BCUT2D eigenvalue weighted by molar-refractivity contribution is -0.172. The molecule has 0 fully saturated rings. The Labute approximate surface area is 111 Å². The lowest BCUT2D eigenvalue weighted by Gasteiger charge is -2.20.